The smallest absolute Gasteiger partial charge is 0.306 e. The quantitative estimate of drug-likeness (QED) is 0.601. The van der Waals surface area contributed by atoms with Crippen molar-refractivity contribution < 1.29 is 14.3 Å². The van der Waals surface area contributed by atoms with Crippen LogP contribution in [0.3, 0.4) is 0 Å². The summed E-state index contributed by atoms with van der Waals surface area (Å²) in [5.41, 5.74) is 2.30. The lowest BCUT2D eigenvalue weighted by Gasteiger charge is -2.08. The maximum atomic E-state index is 11.0. The summed E-state index contributed by atoms with van der Waals surface area (Å²) in [6.45, 7) is 1.90. The first-order chi connectivity index (χ1) is 10.8. The van der Waals surface area contributed by atoms with Crippen molar-refractivity contribution in [2.75, 3.05) is 13.7 Å². The van der Waals surface area contributed by atoms with Gasteiger partial charge in [-0.1, -0.05) is 42.5 Å². The summed E-state index contributed by atoms with van der Waals surface area (Å²) in [6.07, 6.45) is 0.384. The fraction of sp³-hybridized carbons (Fsp3) is 0.278. The predicted octanol–water partition coefficient (Wildman–Crippen LogP) is 2.92. The van der Waals surface area contributed by atoms with Gasteiger partial charge in [0.05, 0.1) is 13.5 Å². The molecule has 4 nitrogen and oxygen atoms in total. The largest absolute Gasteiger partial charge is 0.489 e. The molecule has 0 amide bonds. The molecule has 0 fully saturated rings. The van der Waals surface area contributed by atoms with E-state index in [1.165, 1.54) is 7.11 Å². The summed E-state index contributed by atoms with van der Waals surface area (Å²) in [5, 5.41) is 3.20. The molecule has 0 spiro atoms. The zero-order chi connectivity index (χ0) is 15.6. The average Bonchev–Trinajstić information content (AvgIpc) is 2.58. The molecule has 2 rings (SSSR count). The molecule has 2 aromatic carbocycles. The van der Waals surface area contributed by atoms with Gasteiger partial charge in [-0.2, -0.15) is 0 Å². The van der Waals surface area contributed by atoms with Gasteiger partial charge in [-0.15, -0.1) is 0 Å². The van der Waals surface area contributed by atoms with E-state index in [1.807, 2.05) is 54.6 Å². The van der Waals surface area contributed by atoms with Crippen molar-refractivity contribution in [1.29, 1.82) is 0 Å². The van der Waals surface area contributed by atoms with Crippen LogP contribution in [0.5, 0.6) is 5.75 Å². The second-order valence-electron chi connectivity index (χ2n) is 4.92. The van der Waals surface area contributed by atoms with E-state index in [2.05, 4.69) is 10.1 Å². The molecule has 0 aliphatic rings. The second kappa shape index (κ2) is 8.85. The number of hydrogen-bond donors (Lipinski definition) is 1. The van der Waals surface area contributed by atoms with Gasteiger partial charge >= 0.3 is 5.97 Å². The number of hydrogen-bond acceptors (Lipinski definition) is 4. The van der Waals surface area contributed by atoms with Crippen molar-refractivity contribution in [3.8, 4) is 5.75 Å². The summed E-state index contributed by atoms with van der Waals surface area (Å²) < 4.78 is 10.3. The molecule has 0 saturated carbocycles. The fourth-order valence-corrected chi connectivity index (χ4v) is 1.97. The molecular weight excluding hydrogens is 278 g/mol. The number of ether oxygens (including phenoxy) is 2. The maximum Gasteiger partial charge on any atom is 0.306 e. The molecule has 0 unspecified atom stereocenters. The Balaban J connectivity index is 1.72. The summed E-state index contributed by atoms with van der Waals surface area (Å²) in [6, 6.07) is 18.0. The van der Waals surface area contributed by atoms with E-state index in [9.17, 15) is 4.79 Å². The van der Waals surface area contributed by atoms with Gasteiger partial charge in [0.25, 0.3) is 0 Å². The second-order valence-corrected chi connectivity index (χ2v) is 4.92. The normalized spacial score (nSPS) is 10.2. The van der Waals surface area contributed by atoms with Crippen LogP contribution >= 0.6 is 0 Å². The number of esters is 1. The number of carbonyl (C=O) groups is 1. The average molecular weight is 299 g/mol. The highest BCUT2D eigenvalue weighted by Gasteiger charge is 2.00. The standard InChI is InChI=1S/C18H21NO3/c1-21-18(20)11-12-19-13-15-7-9-17(10-8-15)22-14-16-5-3-2-4-6-16/h2-10,19H,11-14H2,1H3. The van der Waals surface area contributed by atoms with Gasteiger partial charge in [-0.25, -0.2) is 0 Å². The third-order valence-electron chi connectivity index (χ3n) is 3.23. The van der Waals surface area contributed by atoms with Crippen LogP contribution in [0.25, 0.3) is 0 Å². The Morgan fingerprint density at radius 1 is 1.00 bits per heavy atom. The minimum absolute atomic E-state index is 0.197. The Labute approximate surface area is 131 Å². The van der Waals surface area contributed by atoms with E-state index in [4.69, 9.17) is 4.74 Å². The molecule has 0 aromatic heterocycles. The van der Waals surface area contributed by atoms with Crippen LogP contribution < -0.4 is 10.1 Å². The van der Waals surface area contributed by atoms with E-state index < -0.39 is 0 Å². The molecule has 0 aliphatic carbocycles. The Morgan fingerprint density at radius 2 is 1.73 bits per heavy atom. The van der Waals surface area contributed by atoms with Crippen LogP contribution in [0.4, 0.5) is 0 Å². The van der Waals surface area contributed by atoms with Crippen LogP contribution in [0.1, 0.15) is 17.5 Å². The topological polar surface area (TPSA) is 47.6 Å². The van der Waals surface area contributed by atoms with Crippen molar-refractivity contribution in [3.63, 3.8) is 0 Å². The molecular formula is C18H21NO3. The molecule has 0 radical (unpaired) electrons. The third kappa shape index (κ3) is 5.58. The highest BCUT2D eigenvalue weighted by Crippen LogP contribution is 2.14. The van der Waals surface area contributed by atoms with E-state index >= 15 is 0 Å². The highest BCUT2D eigenvalue weighted by atomic mass is 16.5. The lowest BCUT2D eigenvalue weighted by atomic mass is 10.2. The maximum absolute atomic E-state index is 11.0. The van der Waals surface area contributed by atoms with Gasteiger partial charge in [0.15, 0.2) is 0 Å². The first-order valence-corrected chi connectivity index (χ1v) is 7.31. The highest BCUT2D eigenvalue weighted by molar-refractivity contribution is 5.69. The summed E-state index contributed by atoms with van der Waals surface area (Å²) in [5.74, 6) is 0.652. The van der Waals surface area contributed by atoms with Crippen molar-refractivity contribution >= 4 is 5.97 Å². The van der Waals surface area contributed by atoms with Crippen LogP contribution in [0.15, 0.2) is 54.6 Å². The first kappa shape index (κ1) is 16.0. The zero-order valence-corrected chi connectivity index (χ0v) is 12.7. The molecule has 0 heterocycles. The summed E-state index contributed by atoms with van der Waals surface area (Å²) in [4.78, 5) is 11.0. The number of methoxy groups -OCH3 is 1. The monoisotopic (exact) mass is 299 g/mol. The van der Waals surface area contributed by atoms with Crippen LogP contribution in [-0.2, 0) is 22.7 Å². The molecule has 0 aliphatic heterocycles. The molecule has 1 N–H and O–H groups in total. The first-order valence-electron chi connectivity index (χ1n) is 7.31. The van der Waals surface area contributed by atoms with E-state index in [0.29, 0.717) is 19.6 Å². The number of nitrogens with one attached hydrogen (secondary N) is 1. The van der Waals surface area contributed by atoms with Crippen molar-refractivity contribution in [2.45, 2.75) is 19.6 Å². The van der Waals surface area contributed by atoms with E-state index in [0.717, 1.165) is 23.4 Å². The van der Waals surface area contributed by atoms with Crippen LogP contribution in [0.2, 0.25) is 0 Å². The summed E-state index contributed by atoms with van der Waals surface area (Å²) >= 11 is 0. The van der Waals surface area contributed by atoms with Crippen molar-refractivity contribution in [1.82, 2.24) is 5.32 Å². The fourth-order valence-electron chi connectivity index (χ4n) is 1.97. The lowest BCUT2D eigenvalue weighted by Crippen LogP contribution is -2.18. The Bertz CT molecular complexity index is 567. The Morgan fingerprint density at radius 3 is 2.41 bits per heavy atom. The van der Waals surface area contributed by atoms with Gasteiger partial charge in [0, 0.05) is 13.1 Å². The van der Waals surface area contributed by atoms with E-state index in [1.54, 1.807) is 0 Å². The van der Waals surface area contributed by atoms with Crippen molar-refractivity contribution in [2.24, 2.45) is 0 Å². The van der Waals surface area contributed by atoms with E-state index in [-0.39, 0.29) is 5.97 Å². The summed E-state index contributed by atoms with van der Waals surface area (Å²) in [7, 11) is 1.40. The third-order valence-corrected chi connectivity index (χ3v) is 3.23. The minimum atomic E-state index is -0.197. The lowest BCUT2D eigenvalue weighted by molar-refractivity contribution is -0.140. The molecule has 2 aromatic rings. The molecule has 0 bridgehead atoms. The minimum Gasteiger partial charge on any atom is -0.489 e. The molecule has 4 heteroatoms. The number of benzene rings is 2. The molecule has 22 heavy (non-hydrogen) atoms. The predicted molar refractivity (Wildman–Crippen MR) is 85.6 cm³/mol. The Hall–Kier alpha value is -2.33. The van der Waals surface area contributed by atoms with Gasteiger partial charge in [-0.05, 0) is 23.3 Å². The number of carbonyl (C=O) groups excluding carboxylic acids is 1. The van der Waals surface area contributed by atoms with Gasteiger partial charge in [-0.3, -0.25) is 4.79 Å². The van der Waals surface area contributed by atoms with Gasteiger partial charge in [0.1, 0.15) is 12.4 Å². The van der Waals surface area contributed by atoms with Gasteiger partial charge < -0.3 is 14.8 Å². The van der Waals surface area contributed by atoms with Crippen LogP contribution in [-0.4, -0.2) is 19.6 Å². The Kier molecular flexibility index (Phi) is 6.45. The SMILES string of the molecule is COC(=O)CCNCc1ccc(OCc2ccccc2)cc1. The zero-order valence-electron chi connectivity index (χ0n) is 12.7. The molecule has 0 saturated heterocycles. The van der Waals surface area contributed by atoms with Crippen molar-refractivity contribution in [3.05, 3.63) is 65.7 Å². The number of rotatable bonds is 8. The molecule has 116 valence electrons. The van der Waals surface area contributed by atoms with Gasteiger partial charge in [0.2, 0.25) is 0 Å². The molecule has 0 atom stereocenters. The van der Waals surface area contributed by atoms with Crippen LogP contribution in [0, 0.1) is 0 Å².